The fourth-order valence-corrected chi connectivity index (χ4v) is 3.89. The summed E-state index contributed by atoms with van der Waals surface area (Å²) in [6, 6.07) is 17.3. The molecule has 0 bridgehead atoms. The Morgan fingerprint density at radius 2 is 1.57 bits per heavy atom. The minimum absolute atomic E-state index is 0.105. The number of nitrogens with one attached hydrogen (secondary N) is 2. The van der Waals surface area contributed by atoms with Crippen LogP contribution < -0.4 is 24.2 Å². The van der Waals surface area contributed by atoms with E-state index < -0.39 is 10.0 Å². The van der Waals surface area contributed by atoms with E-state index in [1.165, 1.54) is 43.5 Å². The van der Waals surface area contributed by atoms with Crippen molar-refractivity contribution in [2.24, 2.45) is 0 Å². The highest BCUT2D eigenvalue weighted by atomic mass is 32.2. The van der Waals surface area contributed by atoms with E-state index in [0.29, 0.717) is 34.2 Å². The highest BCUT2D eigenvalue weighted by Crippen LogP contribution is 2.34. The van der Waals surface area contributed by atoms with Crippen LogP contribution in [0.25, 0.3) is 0 Å². The predicted molar refractivity (Wildman–Crippen MR) is 111 cm³/mol. The van der Waals surface area contributed by atoms with Crippen molar-refractivity contribution in [3.8, 4) is 17.2 Å². The number of sulfonamides is 1. The van der Waals surface area contributed by atoms with Gasteiger partial charge < -0.3 is 19.5 Å². The molecule has 0 atom stereocenters. The van der Waals surface area contributed by atoms with Gasteiger partial charge in [0.1, 0.15) is 5.75 Å². The lowest BCUT2D eigenvalue weighted by molar-refractivity contribution is 0.102. The molecule has 30 heavy (non-hydrogen) atoms. The number of amides is 1. The van der Waals surface area contributed by atoms with E-state index in [1.807, 2.05) is 0 Å². The SMILES string of the molecule is COc1ccc(S(=O)(=O)Nc2ccc(C(=O)Nc3ccc4c(c3)OCO4)cc2)cc1. The zero-order valence-corrected chi connectivity index (χ0v) is 16.7. The van der Waals surface area contributed by atoms with E-state index in [1.54, 1.807) is 30.3 Å². The molecule has 0 aromatic heterocycles. The number of ether oxygens (including phenoxy) is 3. The van der Waals surface area contributed by atoms with Crippen LogP contribution in [-0.2, 0) is 10.0 Å². The quantitative estimate of drug-likeness (QED) is 0.626. The summed E-state index contributed by atoms with van der Waals surface area (Å²) in [4.78, 5) is 12.6. The molecule has 0 saturated carbocycles. The second kappa shape index (κ2) is 7.96. The number of carbonyl (C=O) groups is 1. The Balaban J connectivity index is 1.43. The van der Waals surface area contributed by atoms with Gasteiger partial charge in [-0.1, -0.05) is 0 Å². The number of anilines is 2. The zero-order valence-electron chi connectivity index (χ0n) is 15.9. The summed E-state index contributed by atoms with van der Waals surface area (Å²) in [5, 5.41) is 2.77. The summed E-state index contributed by atoms with van der Waals surface area (Å²) < 4.78 is 43.1. The molecule has 0 aliphatic carbocycles. The van der Waals surface area contributed by atoms with Crippen LogP contribution in [0.4, 0.5) is 11.4 Å². The van der Waals surface area contributed by atoms with Gasteiger partial charge in [0.05, 0.1) is 12.0 Å². The van der Waals surface area contributed by atoms with E-state index in [2.05, 4.69) is 10.0 Å². The molecule has 0 spiro atoms. The number of methoxy groups -OCH3 is 1. The zero-order chi connectivity index (χ0) is 21.1. The lowest BCUT2D eigenvalue weighted by Crippen LogP contribution is -2.14. The highest BCUT2D eigenvalue weighted by Gasteiger charge is 2.16. The summed E-state index contributed by atoms with van der Waals surface area (Å²) in [6.07, 6.45) is 0. The third-order valence-electron chi connectivity index (χ3n) is 4.40. The van der Waals surface area contributed by atoms with Crippen LogP contribution in [0.15, 0.2) is 71.6 Å². The fourth-order valence-electron chi connectivity index (χ4n) is 2.84. The van der Waals surface area contributed by atoms with Crippen molar-refractivity contribution < 1.29 is 27.4 Å². The minimum atomic E-state index is -3.76. The van der Waals surface area contributed by atoms with Gasteiger partial charge in [-0.05, 0) is 60.7 Å². The maximum atomic E-state index is 12.5. The second-order valence-electron chi connectivity index (χ2n) is 6.38. The van der Waals surface area contributed by atoms with Gasteiger partial charge in [0.25, 0.3) is 15.9 Å². The van der Waals surface area contributed by atoms with Gasteiger partial charge in [-0.15, -0.1) is 0 Å². The van der Waals surface area contributed by atoms with E-state index in [-0.39, 0.29) is 17.6 Å². The predicted octanol–water partition coefficient (Wildman–Crippen LogP) is 3.48. The molecule has 1 amide bonds. The average Bonchev–Trinajstić information content (AvgIpc) is 3.22. The smallest absolute Gasteiger partial charge is 0.261 e. The lowest BCUT2D eigenvalue weighted by atomic mass is 10.2. The van der Waals surface area contributed by atoms with Crippen molar-refractivity contribution in [1.29, 1.82) is 0 Å². The number of carbonyl (C=O) groups excluding carboxylic acids is 1. The van der Waals surface area contributed by atoms with Gasteiger partial charge in [0.15, 0.2) is 11.5 Å². The molecule has 4 rings (SSSR count). The standard InChI is InChI=1S/C21H18N2O6S/c1-27-17-7-9-18(10-8-17)30(25,26)23-15-4-2-14(3-5-15)21(24)22-16-6-11-19-20(12-16)29-13-28-19/h2-12,23H,13H2,1H3,(H,22,24). The van der Waals surface area contributed by atoms with Gasteiger partial charge in [-0.3, -0.25) is 9.52 Å². The Labute approximate surface area is 173 Å². The molecule has 9 heteroatoms. The van der Waals surface area contributed by atoms with E-state index in [4.69, 9.17) is 14.2 Å². The van der Waals surface area contributed by atoms with Crippen molar-refractivity contribution in [3.05, 3.63) is 72.3 Å². The average molecular weight is 426 g/mol. The first kappa shape index (κ1) is 19.6. The number of hydrogen-bond donors (Lipinski definition) is 2. The Morgan fingerprint density at radius 3 is 2.27 bits per heavy atom. The largest absolute Gasteiger partial charge is 0.497 e. The molecule has 3 aromatic carbocycles. The van der Waals surface area contributed by atoms with Crippen molar-refractivity contribution in [2.45, 2.75) is 4.90 Å². The second-order valence-corrected chi connectivity index (χ2v) is 8.06. The highest BCUT2D eigenvalue weighted by molar-refractivity contribution is 7.92. The van der Waals surface area contributed by atoms with Gasteiger partial charge in [0.2, 0.25) is 6.79 Å². The van der Waals surface area contributed by atoms with Crippen LogP contribution in [-0.4, -0.2) is 28.2 Å². The van der Waals surface area contributed by atoms with Gasteiger partial charge in [0, 0.05) is 23.0 Å². The number of rotatable bonds is 6. The van der Waals surface area contributed by atoms with E-state index in [9.17, 15) is 13.2 Å². The molecule has 1 aliphatic rings. The van der Waals surface area contributed by atoms with Crippen LogP contribution in [0.1, 0.15) is 10.4 Å². The molecular formula is C21H18N2O6S. The molecule has 8 nitrogen and oxygen atoms in total. The third-order valence-corrected chi connectivity index (χ3v) is 5.80. The first-order valence-electron chi connectivity index (χ1n) is 8.92. The third kappa shape index (κ3) is 4.15. The molecular weight excluding hydrogens is 408 g/mol. The summed E-state index contributed by atoms with van der Waals surface area (Å²) in [6.45, 7) is 0.153. The Kier molecular flexibility index (Phi) is 5.20. The molecule has 0 radical (unpaired) electrons. The van der Waals surface area contributed by atoms with Crippen LogP contribution in [0.3, 0.4) is 0 Å². The lowest BCUT2D eigenvalue weighted by Gasteiger charge is -2.10. The van der Waals surface area contributed by atoms with Gasteiger partial charge in [-0.2, -0.15) is 0 Å². The number of hydrogen-bond acceptors (Lipinski definition) is 6. The molecule has 2 N–H and O–H groups in total. The molecule has 3 aromatic rings. The summed E-state index contributed by atoms with van der Waals surface area (Å²) >= 11 is 0. The van der Waals surface area contributed by atoms with E-state index in [0.717, 1.165) is 0 Å². The number of benzene rings is 3. The van der Waals surface area contributed by atoms with Crippen molar-refractivity contribution >= 4 is 27.3 Å². The van der Waals surface area contributed by atoms with Crippen LogP contribution in [0.2, 0.25) is 0 Å². The van der Waals surface area contributed by atoms with Gasteiger partial charge in [-0.25, -0.2) is 8.42 Å². The first-order valence-corrected chi connectivity index (χ1v) is 10.4. The molecule has 1 heterocycles. The van der Waals surface area contributed by atoms with Crippen molar-refractivity contribution in [2.75, 3.05) is 23.9 Å². The molecule has 0 saturated heterocycles. The Bertz CT molecular complexity index is 1180. The minimum Gasteiger partial charge on any atom is -0.497 e. The first-order chi connectivity index (χ1) is 14.4. The molecule has 154 valence electrons. The van der Waals surface area contributed by atoms with Crippen LogP contribution >= 0.6 is 0 Å². The van der Waals surface area contributed by atoms with Crippen molar-refractivity contribution in [1.82, 2.24) is 0 Å². The summed E-state index contributed by atoms with van der Waals surface area (Å²) in [7, 11) is -2.25. The van der Waals surface area contributed by atoms with E-state index >= 15 is 0 Å². The molecule has 0 unspecified atom stereocenters. The Morgan fingerprint density at radius 1 is 0.900 bits per heavy atom. The summed E-state index contributed by atoms with van der Waals surface area (Å²) in [5.74, 6) is 1.42. The summed E-state index contributed by atoms with van der Waals surface area (Å²) in [5.41, 5.74) is 1.28. The van der Waals surface area contributed by atoms with Crippen LogP contribution in [0.5, 0.6) is 17.2 Å². The van der Waals surface area contributed by atoms with Gasteiger partial charge >= 0.3 is 0 Å². The topological polar surface area (TPSA) is 103 Å². The molecule has 1 aliphatic heterocycles. The molecule has 0 fully saturated rings. The maximum Gasteiger partial charge on any atom is 0.261 e. The fraction of sp³-hybridized carbons (Fsp3) is 0.0952. The monoisotopic (exact) mass is 426 g/mol. The number of fused-ring (bicyclic) bond motifs is 1. The normalized spacial score (nSPS) is 12.3. The maximum absolute atomic E-state index is 12.5. The van der Waals surface area contributed by atoms with Crippen molar-refractivity contribution in [3.63, 3.8) is 0 Å². The van der Waals surface area contributed by atoms with Crippen LogP contribution in [0, 0.1) is 0 Å². The Hall–Kier alpha value is -3.72.